The van der Waals surface area contributed by atoms with E-state index in [1.165, 1.54) is 19.3 Å². The second-order valence-corrected chi connectivity index (χ2v) is 6.38. The highest BCUT2D eigenvalue weighted by molar-refractivity contribution is 5.07. The van der Waals surface area contributed by atoms with Crippen LogP contribution in [-0.4, -0.2) is 22.1 Å². The van der Waals surface area contributed by atoms with Crippen molar-refractivity contribution in [3.8, 4) is 5.88 Å². The molecule has 4 heteroatoms. The van der Waals surface area contributed by atoms with Gasteiger partial charge in [0.15, 0.2) is 0 Å². The van der Waals surface area contributed by atoms with Gasteiger partial charge < -0.3 is 10.1 Å². The summed E-state index contributed by atoms with van der Waals surface area (Å²) >= 11 is 0. The number of aromatic nitrogens is 2. The van der Waals surface area contributed by atoms with Crippen LogP contribution in [0.15, 0.2) is 12.4 Å². The fraction of sp³-hybridized carbons (Fsp3) is 0.733. The minimum Gasteiger partial charge on any atom is -0.477 e. The normalized spacial score (nSPS) is 16.2. The van der Waals surface area contributed by atoms with Crippen molar-refractivity contribution < 1.29 is 4.74 Å². The molecule has 19 heavy (non-hydrogen) atoms. The average molecular weight is 263 g/mol. The Bertz CT molecular complexity index is 379. The van der Waals surface area contributed by atoms with Crippen LogP contribution in [0.25, 0.3) is 0 Å². The van der Waals surface area contributed by atoms with Crippen molar-refractivity contribution in [2.75, 3.05) is 6.61 Å². The van der Waals surface area contributed by atoms with Gasteiger partial charge in [0.1, 0.15) is 0 Å². The second kappa shape index (κ2) is 6.33. The zero-order valence-corrected chi connectivity index (χ0v) is 12.3. The molecule has 1 aliphatic rings. The Balaban J connectivity index is 1.71. The number of hydrogen-bond acceptors (Lipinski definition) is 4. The number of nitrogens with one attached hydrogen (secondary N) is 1. The molecule has 0 amide bonds. The molecular formula is C15H25N3O. The lowest BCUT2D eigenvalue weighted by atomic mass is 9.83. The molecule has 1 aromatic heterocycles. The van der Waals surface area contributed by atoms with Gasteiger partial charge in [-0.3, -0.25) is 4.98 Å². The van der Waals surface area contributed by atoms with Crippen molar-refractivity contribution in [3.63, 3.8) is 0 Å². The van der Waals surface area contributed by atoms with E-state index in [1.54, 1.807) is 12.4 Å². The van der Waals surface area contributed by atoms with Crippen LogP contribution in [-0.2, 0) is 6.54 Å². The van der Waals surface area contributed by atoms with Gasteiger partial charge in [-0.25, -0.2) is 4.98 Å². The van der Waals surface area contributed by atoms with Gasteiger partial charge >= 0.3 is 0 Å². The van der Waals surface area contributed by atoms with E-state index in [2.05, 4.69) is 36.1 Å². The van der Waals surface area contributed by atoms with Gasteiger partial charge in [-0.05, 0) is 33.1 Å². The highest BCUT2D eigenvalue weighted by Gasteiger charge is 2.17. The predicted molar refractivity (Wildman–Crippen MR) is 76.1 cm³/mol. The van der Waals surface area contributed by atoms with Crippen LogP contribution >= 0.6 is 0 Å². The first-order valence-corrected chi connectivity index (χ1v) is 7.22. The first-order valence-electron chi connectivity index (χ1n) is 7.22. The summed E-state index contributed by atoms with van der Waals surface area (Å²) in [6.45, 7) is 7.91. The van der Waals surface area contributed by atoms with Crippen molar-refractivity contribution in [1.29, 1.82) is 0 Å². The first kappa shape index (κ1) is 14.3. The fourth-order valence-corrected chi connectivity index (χ4v) is 1.98. The van der Waals surface area contributed by atoms with Gasteiger partial charge in [0.2, 0.25) is 5.88 Å². The van der Waals surface area contributed by atoms with E-state index in [1.807, 2.05) is 0 Å². The zero-order valence-electron chi connectivity index (χ0n) is 12.3. The molecule has 0 aromatic carbocycles. The molecule has 0 spiro atoms. The van der Waals surface area contributed by atoms with Gasteiger partial charge in [0.25, 0.3) is 0 Å². The molecule has 1 aromatic rings. The highest BCUT2D eigenvalue weighted by atomic mass is 16.5. The third kappa shape index (κ3) is 5.15. The maximum atomic E-state index is 5.62. The average Bonchev–Trinajstić information content (AvgIpc) is 2.30. The molecule has 1 aliphatic carbocycles. The maximum Gasteiger partial charge on any atom is 0.232 e. The molecule has 2 rings (SSSR count). The van der Waals surface area contributed by atoms with Gasteiger partial charge in [-0.15, -0.1) is 0 Å². The summed E-state index contributed by atoms with van der Waals surface area (Å²) in [5.41, 5.74) is 1.04. The van der Waals surface area contributed by atoms with Crippen molar-refractivity contribution in [2.45, 2.75) is 58.5 Å². The van der Waals surface area contributed by atoms with Crippen LogP contribution in [0.3, 0.4) is 0 Å². The molecule has 0 bridgehead atoms. The van der Waals surface area contributed by atoms with E-state index < -0.39 is 0 Å². The summed E-state index contributed by atoms with van der Waals surface area (Å²) in [6.07, 6.45) is 8.78. The molecule has 106 valence electrons. The lowest BCUT2D eigenvalue weighted by Crippen LogP contribution is -2.35. The molecule has 0 unspecified atom stereocenters. The van der Waals surface area contributed by atoms with Crippen LogP contribution in [0.1, 0.15) is 52.1 Å². The molecule has 1 N–H and O–H groups in total. The summed E-state index contributed by atoms with van der Waals surface area (Å²) in [5.74, 6) is 1.52. The molecule has 1 heterocycles. The second-order valence-electron chi connectivity index (χ2n) is 6.38. The summed E-state index contributed by atoms with van der Waals surface area (Å²) in [7, 11) is 0. The standard InChI is InChI=1S/C15H25N3O/c1-15(2,3)18-10-13-9-17-14(11-16-13)19-8-7-12-5-4-6-12/h9,11-12,18H,4-8,10H2,1-3H3. The first-order chi connectivity index (χ1) is 9.03. The van der Waals surface area contributed by atoms with E-state index in [0.717, 1.165) is 31.2 Å². The quantitative estimate of drug-likeness (QED) is 0.857. The molecule has 1 fully saturated rings. The summed E-state index contributed by atoms with van der Waals surface area (Å²) in [4.78, 5) is 8.66. The van der Waals surface area contributed by atoms with Crippen molar-refractivity contribution in [2.24, 2.45) is 5.92 Å². The van der Waals surface area contributed by atoms with E-state index in [0.29, 0.717) is 5.88 Å². The van der Waals surface area contributed by atoms with Crippen LogP contribution in [0.4, 0.5) is 0 Å². The van der Waals surface area contributed by atoms with Crippen molar-refractivity contribution in [3.05, 3.63) is 18.1 Å². The monoisotopic (exact) mass is 263 g/mol. The number of nitrogens with zero attached hydrogens (tertiary/aromatic N) is 2. The molecule has 0 atom stereocenters. The van der Waals surface area contributed by atoms with Gasteiger partial charge in [-0.2, -0.15) is 0 Å². The van der Waals surface area contributed by atoms with Crippen LogP contribution in [0.2, 0.25) is 0 Å². The lowest BCUT2D eigenvalue weighted by Gasteiger charge is -2.24. The Morgan fingerprint density at radius 1 is 1.26 bits per heavy atom. The number of hydrogen-bond donors (Lipinski definition) is 1. The molecular weight excluding hydrogens is 238 g/mol. The molecule has 0 saturated heterocycles. The van der Waals surface area contributed by atoms with Gasteiger partial charge in [-0.1, -0.05) is 19.3 Å². The maximum absolute atomic E-state index is 5.62. The van der Waals surface area contributed by atoms with E-state index >= 15 is 0 Å². The number of rotatable bonds is 6. The fourth-order valence-electron chi connectivity index (χ4n) is 1.98. The topological polar surface area (TPSA) is 47.0 Å². The summed E-state index contributed by atoms with van der Waals surface area (Å²) < 4.78 is 5.62. The Labute approximate surface area is 116 Å². The van der Waals surface area contributed by atoms with Crippen LogP contribution in [0, 0.1) is 5.92 Å². The minimum atomic E-state index is 0.0968. The zero-order chi connectivity index (χ0) is 13.7. The SMILES string of the molecule is CC(C)(C)NCc1cnc(OCCC2CCC2)cn1. The molecule has 0 aliphatic heterocycles. The van der Waals surface area contributed by atoms with Gasteiger partial charge in [0.05, 0.1) is 24.7 Å². The Morgan fingerprint density at radius 3 is 2.58 bits per heavy atom. The van der Waals surface area contributed by atoms with Crippen molar-refractivity contribution >= 4 is 0 Å². The number of ether oxygens (including phenoxy) is 1. The third-order valence-electron chi connectivity index (χ3n) is 3.48. The third-order valence-corrected chi connectivity index (χ3v) is 3.48. The highest BCUT2D eigenvalue weighted by Crippen LogP contribution is 2.29. The van der Waals surface area contributed by atoms with Gasteiger partial charge in [0, 0.05) is 12.1 Å². The van der Waals surface area contributed by atoms with Crippen LogP contribution in [0.5, 0.6) is 5.88 Å². The Kier molecular flexibility index (Phi) is 4.75. The van der Waals surface area contributed by atoms with E-state index in [9.17, 15) is 0 Å². The van der Waals surface area contributed by atoms with E-state index in [-0.39, 0.29) is 5.54 Å². The molecule has 0 radical (unpaired) electrons. The van der Waals surface area contributed by atoms with Crippen molar-refractivity contribution in [1.82, 2.24) is 15.3 Å². The smallest absolute Gasteiger partial charge is 0.232 e. The minimum absolute atomic E-state index is 0.0968. The molecule has 1 saturated carbocycles. The summed E-state index contributed by atoms with van der Waals surface area (Å²) in [6, 6.07) is 0. The Morgan fingerprint density at radius 2 is 2.05 bits per heavy atom. The lowest BCUT2D eigenvalue weighted by molar-refractivity contribution is 0.216. The van der Waals surface area contributed by atoms with Crippen LogP contribution < -0.4 is 10.1 Å². The largest absolute Gasteiger partial charge is 0.477 e. The molecule has 4 nitrogen and oxygen atoms in total. The summed E-state index contributed by atoms with van der Waals surface area (Å²) in [5, 5.41) is 3.39. The predicted octanol–water partition coefficient (Wildman–Crippen LogP) is 2.93. The van der Waals surface area contributed by atoms with E-state index in [4.69, 9.17) is 4.74 Å². The Hall–Kier alpha value is -1.16.